The van der Waals surface area contributed by atoms with Crippen molar-refractivity contribution < 1.29 is 4.42 Å². The molecule has 9 aromatic carbocycles. The van der Waals surface area contributed by atoms with Crippen molar-refractivity contribution in [3.8, 4) is 11.4 Å². The molecule has 68 heavy (non-hydrogen) atoms. The van der Waals surface area contributed by atoms with E-state index in [-0.39, 0.29) is 0 Å². The van der Waals surface area contributed by atoms with Crippen LogP contribution >= 0.6 is 0 Å². The van der Waals surface area contributed by atoms with E-state index in [1.165, 1.54) is 41.5 Å². The number of hydrogen-bond acceptors (Lipinski definition) is 4. The number of rotatable bonds is 8. The maximum Gasteiger partial charge on any atom is 0.186 e. The van der Waals surface area contributed by atoms with Gasteiger partial charge in [-0.3, -0.25) is 4.90 Å². The summed E-state index contributed by atoms with van der Waals surface area (Å²) in [6.07, 6.45) is 1.96. The monoisotopic (exact) mass is 904 g/mol. The summed E-state index contributed by atoms with van der Waals surface area (Å²) >= 11 is 0. The minimum absolute atomic E-state index is 0.878. The first-order chi connectivity index (χ1) is 33.6. The zero-order valence-electron chi connectivity index (χ0n) is 37.4. The van der Waals surface area contributed by atoms with Crippen LogP contribution in [0.5, 0.6) is 0 Å². The second-order valence-corrected chi connectivity index (χ2v) is 25.3. The van der Waals surface area contributed by atoms with Crippen molar-refractivity contribution in [3.63, 3.8) is 0 Å². The van der Waals surface area contributed by atoms with Gasteiger partial charge in [0.25, 0.3) is 0 Å². The van der Waals surface area contributed by atoms with Crippen LogP contribution in [0.25, 0.3) is 44.4 Å². The summed E-state index contributed by atoms with van der Waals surface area (Å²) in [6.45, 7) is 0. The van der Waals surface area contributed by atoms with Crippen LogP contribution in [0.1, 0.15) is 0 Å². The molecule has 0 fully saturated rings. The van der Waals surface area contributed by atoms with E-state index in [9.17, 15) is 0 Å². The van der Waals surface area contributed by atoms with E-state index in [4.69, 9.17) is 14.4 Å². The number of anilines is 3. The Labute approximate surface area is 396 Å². The highest BCUT2D eigenvalue weighted by molar-refractivity contribution is 7.21. The topological polar surface area (TPSA) is 47.1 Å². The van der Waals surface area contributed by atoms with E-state index in [1.807, 2.05) is 6.20 Å². The molecule has 0 aliphatic carbocycles. The molecule has 3 aromatic heterocycles. The van der Waals surface area contributed by atoms with Crippen molar-refractivity contribution in [2.45, 2.75) is 0 Å². The van der Waals surface area contributed by atoms with Crippen molar-refractivity contribution in [1.29, 1.82) is 0 Å². The lowest BCUT2D eigenvalue weighted by Gasteiger charge is -2.44. The number of fused-ring (bicyclic) bond motifs is 6. The van der Waals surface area contributed by atoms with E-state index in [0.717, 1.165) is 61.6 Å². The SMILES string of the molecule is Cn1c(-c2cccc([Si](c3ccccc3)(c3ccccc3)c3cccc(N4c5cc6c(cc5[Si](c5ccccc5)(c5ccccc5)c5cccnc54)oc4ccccc46)c3)c2)nc2ccccc21. The van der Waals surface area contributed by atoms with E-state index >= 15 is 0 Å². The first-order valence-corrected chi connectivity index (χ1v) is 27.2. The summed E-state index contributed by atoms with van der Waals surface area (Å²) in [6, 6.07) is 89.1. The molecule has 4 heterocycles. The molecule has 0 amide bonds. The summed E-state index contributed by atoms with van der Waals surface area (Å²) in [5.74, 6) is 1.89. The van der Waals surface area contributed by atoms with Gasteiger partial charge in [0, 0.05) is 41.0 Å². The zero-order chi connectivity index (χ0) is 45.2. The van der Waals surface area contributed by atoms with Crippen molar-refractivity contribution in [2.24, 2.45) is 7.05 Å². The molecular formula is C61H44N4OSi2. The largest absolute Gasteiger partial charge is 0.456 e. The Kier molecular flexibility index (Phi) is 9.35. The molecule has 0 radical (unpaired) electrons. The second kappa shape index (κ2) is 15.9. The third-order valence-electron chi connectivity index (χ3n) is 14.2. The summed E-state index contributed by atoms with van der Waals surface area (Å²) in [5, 5.41) is 12.4. The quantitative estimate of drug-likeness (QED) is 0.113. The van der Waals surface area contributed by atoms with Crippen molar-refractivity contribution >= 4 is 108 Å². The Hall–Kier alpha value is -8.37. The van der Waals surface area contributed by atoms with Gasteiger partial charge in [-0.05, 0) is 90.0 Å². The van der Waals surface area contributed by atoms with Gasteiger partial charge in [0.1, 0.15) is 22.8 Å². The van der Waals surface area contributed by atoms with Gasteiger partial charge in [0.05, 0.1) is 11.0 Å². The van der Waals surface area contributed by atoms with Crippen LogP contribution < -0.4 is 46.4 Å². The van der Waals surface area contributed by atoms with E-state index in [2.05, 4.69) is 259 Å². The second-order valence-electron chi connectivity index (χ2n) is 17.8. The lowest BCUT2D eigenvalue weighted by molar-refractivity contribution is 0.669. The van der Waals surface area contributed by atoms with Gasteiger partial charge in [0.15, 0.2) is 16.1 Å². The highest BCUT2D eigenvalue weighted by Crippen LogP contribution is 2.41. The van der Waals surface area contributed by atoms with Gasteiger partial charge < -0.3 is 8.98 Å². The molecule has 13 rings (SSSR count). The maximum absolute atomic E-state index is 6.78. The van der Waals surface area contributed by atoms with Crippen LogP contribution in [0.4, 0.5) is 17.2 Å². The van der Waals surface area contributed by atoms with Crippen LogP contribution in [0.3, 0.4) is 0 Å². The lowest BCUT2D eigenvalue weighted by Crippen LogP contribution is -2.77. The molecular weight excluding hydrogens is 861 g/mol. The molecule has 0 bridgehead atoms. The number of aryl methyl sites for hydroxylation is 1. The fourth-order valence-corrected chi connectivity index (χ4v) is 21.2. The average molecular weight is 905 g/mol. The van der Waals surface area contributed by atoms with Crippen LogP contribution in [0, 0.1) is 0 Å². The molecule has 0 N–H and O–H groups in total. The molecule has 322 valence electrons. The van der Waals surface area contributed by atoms with E-state index in [0.29, 0.717) is 0 Å². The van der Waals surface area contributed by atoms with E-state index < -0.39 is 16.1 Å². The normalized spacial score (nSPS) is 13.2. The number of nitrogens with zero attached hydrogens (tertiary/aromatic N) is 4. The molecule has 0 spiro atoms. The molecule has 0 saturated heterocycles. The number of aromatic nitrogens is 3. The van der Waals surface area contributed by atoms with Crippen molar-refractivity contribution in [1.82, 2.24) is 14.5 Å². The molecule has 5 nitrogen and oxygen atoms in total. The van der Waals surface area contributed by atoms with Crippen LogP contribution in [0.2, 0.25) is 0 Å². The molecule has 0 atom stereocenters. The molecule has 1 aliphatic rings. The Morgan fingerprint density at radius 3 is 1.78 bits per heavy atom. The van der Waals surface area contributed by atoms with Gasteiger partial charge in [-0.25, -0.2) is 9.97 Å². The number of imidazole rings is 1. The smallest absolute Gasteiger partial charge is 0.186 e. The van der Waals surface area contributed by atoms with Gasteiger partial charge in [-0.15, -0.1) is 0 Å². The fraction of sp³-hybridized carbons (Fsp3) is 0.0164. The first kappa shape index (κ1) is 40.0. The minimum Gasteiger partial charge on any atom is -0.456 e. The van der Waals surface area contributed by atoms with Crippen LogP contribution in [-0.4, -0.2) is 30.7 Å². The average Bonchev–Trinajstić information content (AvgIpc) is 3.95. The maximum atomic E-state index is 6.78. The summed E-state index contributed by atoms with van der Waals surface area (Å²) < 4.78 is 9.00. The number of benzene rings is 9. The zero-order valence-corrected chi connectivity index (χ0v) is 39.4. The highest BCUT2D eigenvalue weighted by Gasteiger charge is 2.50. The predicted octanol–water partition coefficient (Wildman–Crippen LogP) is 9.07. The number of furan rings is 1. The van der Waals surface area contributed by atoms with Gasteiger partial charge in [0.2, 0.25) is 0 Å². The standard InChI is InChI=1S/C61H44N4OSi2/c1-64-54-35-16-15-34-53(54)63-60(64)43-21-18-31-49(39-43)67(45-23-6-2-7-24-45,46-25-8-3-9-26-46)50-32-19-22-44(40-50)65-55-41-52-51-33-14-17-36-56(51)66-57(52)42-59(55)68(47-27-10-4-11-28-47,48-29-12-5-13-30-48)58-37-20-38-62-61(58)65/h2-42H,1H3. The Balaban J connectivity index is 1.11. The Morgan fingerprint density at radius 1 is 0.471 bits per heavy atom. The number of hydrogen-bond donors (Lipinski definition) is 0. The fourth-order valence-electron chi connectivity index (χ4n) is 11.3. The molecule has 1 aliphatic heterocycles. The third kappa shape index (κ3) is 5.92. The number of pyridine rings is 1. The first-order valence-electron chi connectivity index (χ1n) is 23.2. The Morgan fingerprint density at radius 2 is 1.07 bits per heavy atom. The van der Waals surface area contributed by atoms with Crippen LogP contribution in [-0.2, 0) is 7.05 Å². The van der Waals surface area contributed by atoms with Crippen molar-refractivity contribution in [2.75, 3.05) is 4.90 Å². The summed E-state index contributed by atoms with van der Waals surface area (Å²) in [4.78, 5) is 13.1. The number of para-hydroxylation sites is 3. The Bertz CT molecular complexity index is 3750. The molecule has 12 aromatic rings. The van der Waals surface area contributed by atoms with Crippen LogP contribution in [0.15, 0.2) is 253 Å². The minimum atomic E-state index is -3.09. The molecule has 0 unspecified atom stereocenters. The van der Waals surface area contributed by atoms with Gasteiger partial charge in [-0.2, -0.15) is 0 Å². The molecule has 0 saturated carbocycles. The lowest BCUT2D eigenvalue weighted by atomic mass is 10.1. The van der Waals surface area contributed by atoms with Gasteiger partial charge >= 0.3 is 0 Å². The third-order valence-corrected chi connectivity index (χ3v) is 23.8. The predicted molar refractivity (Wildman–Crippen MR) is 287 cm³/mol. The van der Waals surface area contributed by atoms with E-state index in [1.54, 1.807) is 0 Å². The van der Waals surface area contributed by atoms with Crippen molar-refractivity contribution in [3.05, 3.63) is 249 Å². The van der Waals surface area contributed by atoms with Gasteiger partial charge in [-0.1, -0.05) is 194 Å². The summed E-state index contributed by atoms with van der Waals surface area (Å²) in [7, 11) is -4.02. The highest BCUT2D eigenvalue weighted by atomic mass is 28.3. The summed E-state index contributed by atoms with van der Waals surface area (Å²) in [5.41, 5.74) is 7.11. The molecule has 7 heteroatoms.